The van der Waals surface area contributed by atoms with Gasteiger partial charge in [-0.1, -0.05) is 12.1 Å². The molecule has 0 N–H and O–H groups in total. The third-order valence-electron chi connectivity index (χ3n) is 4.47. The quantitative estimate of drug-likeness (QED) is 0.735. The Morgan fingerprint density at radius 2 is 2.15 bits per heavy atom. The number of fused-ring (bicyclic) bond motifs is 1. The van der Waals surface area contributed by atoms with Gasteiger partial charge in [0.05, 0.1) is 0 Å². The van der Waals surface area contributed by atoms with E-state index in [4.69, 9.17) is 4.74 Å². The van der Waals surface area contributed by atoms with E-state index in [2.05, 4.69) is 4.99 Å². The number of carbonyl (C=O) groups excluding carboxylic acids is 2. The molecule has 26 heavy (non-hydrogen) atoms. The molecule has 0 aliphatic carbocycles. The Morgan fingerprint density at radius 1 is 1.35 bits per heavy atom. The highest BCUT2D eigenvalue weighted by atomic mass is 16.5. The van der Waals surface area contributed by atoms with Crippen LogP contribution in [0.5, 0.6) is 0 Å². The van der Waals surface area contributed by atoms with Crippen LogP contribution >= 0.6 is 0 Å². The number of methoxy groups -OCH3 is 1. The fourth-order valence-corrected chi connectivity index (χ4v) is 3.14. The molecule has 1 unspecified atom stereocenters. The van der Waals surface area contributed by atoms with Crippen LogP contribution in [0, 0.1) is 0 Å². The normalized spacial score (nSPS) is 18.5. The maximum Gasteiger partial charge on any atom is 0.255 e. The fraction of sp³-hybridized carbons (Fsp3) is 0.350. The summed E-state index contributed by atoms with van der Waals surface area (Å²) in [6.07, 6.45) is 6.18. The van der Waals surface area contributed by atoms with E-state index >= 15 is 0 Å². The third-order valence-corrected chi connectivity index (χ3v) is 4.47. The van der Waals surface area contributed by atoms with Crippen molar-refractivity contribution in [2.24, 2.45) is 4.99 Å². The Bertz CT molecular complexity index is 808. The number of benzene rings is 1. The highest BCUT2D eigenvalue weighted by Gasteiger charge is 2.35. The Labute approximate surface area is 153 Å². The lowest BCUT2D eigenvalue weighted by Crippen LogP contribution is -2.39. The van der Waals surface area contributed by atoms with E-state index in [9.17, 15) is 9.59 Å². The molecule has 1 aromatic rings. The van der Waals surface area contributed by atoms with E-state index in [1.807, 2.05) is 30.5 Å². The van der Waals surface area contributed by atoms with Crippen LogP contribution in [0.1, 0.15) is 22.3 Å². The van der Waals surface area contributed by atoms with E-state index in [1.165, 1.54) is 0 Å². The van der Waals surface area contributed by atoms with E-state index in [0.717, 1.165) is 23.1 Å². The molecule has 3 rings (SSSR count). The molecule has 6 heteroatoms. The van der Waals surface area contributed by atoms with Gasteiger partial charge in [-0.3, -0.25) is 14.6 Å². The fourth-order valence-electron chi connectivity index (χ4n) is 3.14. The van der Waals surface area contributed by atoms with E-state index < -0.39 is 6.04 Å². The summed E-state index contributed by atoms with van der Waals surface area (Å²) >= 11 is 0. The van der Waals surface area contributed by atoms with Crippen LogP contribution in [0.3, 0.4) is 0 Å². The van der Waals surface area contributed by atoms with Gasteiger partial charge in [-0.25, -0.2) is 0 Å². The Balaban J connectivity index is 1.96. The molecule has 136 valence electrons. The van der Waals surface area contributed by atoms with E-state index in [1.54, 1.807) is 43.3 Å². The van der Waals surface area contributed by atoms with Crippen LogP contribution < -0.4 is 0 Å². The average molecular weight is 353 g/mol. The molecule has 0 spiro atoms. The van der Waals surface area contributed by atoms with Crippen LogP contribution in [0.2, 0.25) is 0 Å². The molecule has 0 radical (unpaired) electrons. The molecular formula is C20H23N3O3. The first-order valence-electron chi connectivity index (χ1n) is 8.60. The molecule has 2 heterocycles. The molecular weight excluding hydrogens is 330 g/mol. The molecule has 0 saturated heterocycles. The summed E-state index contributed by atoms with van der Waals surface area (Å²) in [6.45, 7) is 1.17. The number of amides is 2. The zero-order valence-corrected chi connectivity index (χ0v) is 15.3. The zero-order chi connectivity index (χ0) is 18.7. The van der Waals surface area contributed by atoms with Crippen LogP contribution in [0.15, 0.2) is 47.1 Å². The number of aliphatic imine (C=N–C) groups is 1. The number of rotatable bonds is 6. The lowest BCUT2D eigenvalue weighted by molar-refractivity contribution is -0.129. The van der Waals surface area contributed by atoms with Gasteiger partial charge in [0.2, 0.25) is 0 Å². The van der Waals surface area contributed by atoms with Crippen LogP contribution in [-0.4, -0.2) is 68.2 Å². The summed E-state index contributed by atoms with van der Waals surface area (Å²) < 4.78 is 5.09. The van der Waals surface area contributed by atoms with Crippen molar-refractivity contribution in [1.82, 2.24) is 9.80 Å². The highest BCUT2D eigenvalue weighted by Crippen LogP contribution is 2.34. The molecule has 0 bridgehead atoms. The lowest BCUT2D eigenvalue weighted by atomic mass is 9.90. The third kappa shape index (κ3) is 3.46. The van der Waals surface area contributed by atoms with Crippen molar-refractivity contribution in [3.8, 4) is 0 Å². The Hall–Kier alpha value is -2.73. The van der Waals surface area contributed by atoms with Crippen molar-refractivity contribution in [2.75, 3.05) is 34.4 Å². The summed E-state index contributed by atoms with van der Waals surface area (Å²) in [4.78, 5) is 32.5. The minimum atomic E-state index is -0.495. The summed E-state index contributed by atoms with van der Waals surface area (Å²) in [5.74, 6) is -0.0742. The molecule has 1 aromatic carbocycles. The molecule has 0 saturated carbocycles. The smallest absolute Gasteiger partial charge is 0.255 e. The van der Waals surface area contributed by atoms with Gasteiger partial charge in [0, 0.05) is 57.9 Å². The van der Waals surface area contributed by atoms with Gasteiger partial charge in [-0.15, -0.1) is 0 Å². The predicted octanol–water partition coefficient (Wildman–Crippen LogP) is 1.99. The van der Waals surface area contributed by atoms with Gasteiger partial charge in [-0.2, -0.15) is 0 Å². The molecule has 1 atom stereocenters. The second-order valence-corrected chi connectivity index (χ2v) is 6.52. The minimum absolute atomic E-state index is 0.0228. The van der Waals surface area contributed by atoms with Crippen molar-refractivity contribution in [1.29, 1.82) is 0 Å². The SMILES string of the molecule is COCCCN1C=C(c2cccc(C(=O)N(C)C)c2)C2=CC=NC2C1=O. The first kappa shape index (κ1) is 18.1. The summed E-state index contributed by atoms with van der Waals surface area (Å²) in [7, 11) is 5.11. The van der Waals surface area contributed by atoms with Gasteiger partial charge in [0.15, 0.2) is 6.04 Å². The lowest BCUT2D eigenvalue weighted by Gasteiger charge is -2.30. The maximum atomic E-state index is 12.7. The van der Waals surface area contributed by atoms with E-state index in [0.29, 0.717) is 18.7 Å². The van der Waals surface area contributed by atoms with Gasteiger partial charge in [0.1, 0.15) is 0 Å². The van der Waals surface area contributed by atoms with Crippen molar-refractivity contribution >= 4 is 23.6 Å². The first-order chi connectivity index (χ1) is 12.5. The van der Waals surface area contributed by atoms with Crippen molar-refractivity contribution in [2.45, 2.75) is 12.5 Å². The van der Waals surface area contributed by atoms with Gasteiger partial charge >= 0.3 is 0 Å². The maximum absolute atomic E-state index is 12.7. The monoisotopic (exact) mass is 353 g/mol. The number of nitrogens with zero attached hydrogens (tertiary/aromatic N) is 3. The minimum Gasteiger partial charge on any atom is -0.385 e. The molecule has 2 aliphatic heterocycles. The summed E-state index contributed by atoms with van der Waals surface area (Å²) in [6, 6.07) is 6.99. The summed E-state index contributed by atoms with van der Waals surface area (Å²) in [5, 5.41) is 0. The molecule has 2 amide bonds. The van der Waals surface area contributed by atoms with Crippen molar-refractivity contribution in [3.05, 3.63) is 53.2 Å². The number of carbonyl (C=O) groups is 2. The van der Waals surface area contributed by atoms with Crippen LogP contribution in [-0.2, 0) is 9.53 Å². The Morgan fingerprint density at radius 3 is 2.88 bits per heavy atom. The van der Waals surface area contributed by atoms with Crippen LogP contribution in [0.25, 0.3) is 5.57 Å². The van der Waals surface area contributed by atoms with Gasteiger partial charge < -0.3 is 14.5 Å². The Kier molecular flexibility index (Phi) is 5.32. The number of hydrogen-bond acceptors (Lipinski definition) is 4. The summed E-state index contributed by atoms with van der Waals surface area (Å²) in [5.41, 5.74) is 3.33. The molecule has 2 aliphatic rings. The number of allylic oxidation sites excluding steroid dienone is 1. The van der Waals surface area contributed by atoms with E-state index in [-0.39, 0.29) is 11.8 Å². The second kappa shape index (κ2) is 7.66. The molecule has 0 fully saturated rings. The largest absolute Gasteiger partial charge is 0.385 e. The number of hydrogen-bond donors (Lipinski definition) is 0. The standard InChI is InChI=1S/C20H23N3O3/c1-22(2)19(24)15-7-4-6-14(12-15)17-13-23(10-5-11-26-3)20(25)18-16(17)8-9-21-18/h4,6-9,12-13,18H,5,10-11H2,1-3H3. The zero-order valence-electron chi connectivity index (χ0n) is 15.3. The molecule has 6 nitrogen and oxygen atoms in total. The van der Waals surface area contributed by atoms with Gasteiger partial charge in [-0.05, 0) is 35.8 Å². The average Bonchev–Trinajstić information content (AvgIpc) is 3.13. The first-order valence-corrected chi connectivity index (χ1v) is 8.60. The van der Waals surface area contributed by atoms with Crippen molar-refractivity contribution < 1.29 is 14.3 Å². The number of ether oxygens (including phenoxy) is 1. The molecule has 0 aromatic heterocycles. The van der Waals surface area contributed by atoms with Gasteiger partial charge in [0.25, 0.3) is 11.8 Å². The second-order valence-electron chi connectivity index (χ2n) is 6.52. The van der Waals surface area contributed by atoms with Crippen molar-refractivity contribution in [3.63, 3.8) is 0 Å². The predicted molar refractivity (Wildman–Crippen MR) is 101 cm³/mol. The van der Waals surface area contributed by atoms with Crippen LogP contribution in [0.4, 0.5) is 0 Å². The topological polar surface area (TPSA) is 62.2 Å². The highest BCUT2D eigenvalue weighted by molar-refractivity contribution is 6.04.